The molecule has 1 aromatic carbocycles. The van der Waals surface area contributed by atoms with E-state index < -0.39 is 0 Å². The largest absolute Gasteiger partial charge is 0.377 e. The highest BCUT2D eigenvalue weighted by atomic mass is 19.1. The Balaban J connectivity index is 2.53. The first-order chi connectivity index (χ1) is 7.63. The Hall–Kier alpha value is -0.970. The zero-order valence-corrected chi connectivity index (χ0v) is 9.74. The predicted octanol–water partition coefficient (Wildman–Crippen LogP) is 1.63. The lowest BCUT2D eigenvalue weighted by atomic mass is 10.1. The van der Waals surface area contributed by atoms with Gasteiger partial charge in [-0.05, 0) is 31.9 Å². The molecule has 0 aliphatic heterocycles. The fraction of sp³-hybridized carbons (Fsp3) is 0.500. The molecule has 0 heterocycles. The summed E-state index contributed by atoms with van der Waals surface area (Å²) < 4.78 is 18.8. The van der Waals surface area contributed by atoms with Gasteiger partial charge in [0.05, 0.1) is 12.7 Å². The molecule has 0 aliphatic carbocycles. The van der Waals surface area contributed by atoms with Crippen molar-refractivity contribution >= 4 is 0 Å². The quantitative estimate of drug-likeness (QED) is 0.572. The number of rotatable bonds is 6. The molecule has 1 aromatic rings. The Labute approximate surface area is 95.8 Å². The molecule has 3 nitrogen and oxygen atoms in total. The summed E-state index contributed by atoms with van der Waals surface area (Å²) in [5.74, 6) is 5.20. The van der Waals surface area contributed by atoms with E-state index in [1.165, 1.54) is 6.07 Å². The van der Waals surface area contributed by atoms with Gasteiger partial charge in [-0.25, -0.2) is 4.39 Å². The molecule has 1 atom stereocenters. The number of hydrogen-bond acceptors (Lipinski definition) is 3. The van der Waals surface area contributed by atoms with E-state index in [-0.39, 0.29) is 18.0 Å². The smallest absolute Gasteiger partial charge is 0.126 e. The molecular formula is C12H19FN2O. The average molecular weight is 226 g/mol. The van der Waals surface area contributed by atoms with Gasteiger partial charge in [-0.15, -0.1) is 0 Å². The Morgan fingerprint density at radius 2 is 2.06 bits per heavy atom. The minimum Gasteiger partial charge on any atom is -0.377 e. The second kappa shape index (κ2) is 6.58. The molecule has 0 saturated carbocycles. The Morgan fingerprint density at radius 1 is 1.38 bits per heavy atom. The fourth-order valence-corrected chi connectivity index (χ4v) is 1.40. The number of nitrogens with one attached hydrogen (secondary N) is 1. The van der Waals surface area contributed by atoms with E-state index in [1.807, 2.05) is 19.9 Å². The minimum absolute atomic E-state index is 0.0701. The van der Waals surface area contributed by atoms with Crippen LogP contribution in [0.4, 0.5) is 4.39 Å². The molecule has 0 aromatic heterocycles. The van der Waals surface area contributed by atoms with E-state index in [2.05, 4.69) is 5.43 Å². The summed E-state index contributed by atoms with van der Waals surface area (Å²) in [6, 6.07) is 6.63. The number of hydrogen-bond donors (Lipinski definition) is 2. The molecule has 1 unspecified atom stereocenters. The summed E-state index contributed by atoms with van der Waals surface area (Å²) >= 11 is 0. The maximum absolute atomic E-state index is 13.4. The number of nitrogens with two attached hydrogens (primary N) is 1. The van der Waals surface area contributed by atoms with Crippen LogP contribution in [0.3, 0.4) is 0 Å². The Morgan fingerprint density at radius 3 is 2.62 bits per heavy atom. The van der Waals surface area contributed by atoms with Crippen LogP contribution < -0.4 is 11.3 Å². The van der Waals surface area contributed by atoms with E-state index in [0.717, 1.165) is 0 Å². The molecule has 4 heteroatoms. The lowest BCUT2D eigenvalue weighted by molar-refractivity contribution is 0.0611. The maximum Gasteiger partial charge on any atom is 0.126 e. The van der Waals surface area contributed by atoms with Crippen LogP contribution in [-0.2, 0) is 11.2 Å². The number of hydrazine groups is 1. The van der Waals surface area contributed by atoms with Gasteiger partial charge in [0.1, 0.15) is 5.82 Å². The van der Waals surface area contributed by atoms with Gasteiger partial charge in [0, 0.05) is 6.04 Å². The summed E-state index contributed by atoms with van der Waals surface area (Å²) in [6.45, 7) is 4.38. The summed E-state index contributed by atoms with van der Waals surface area (Å²) in [7, 11) is 0. The fourth-order valence-electron chi connectivity index (χ4n) is 1.40. The van der Waals surface area contributed by atoms with Gasteiger partial charge in [0.15, 0.2) is 0 Å². The third-order valence-electron chi connectivity index (χ3n) is 2.29. The van der Waals surface area contributed by atoms with Gasteiger partial charge >= 0.3 is 0 Å². The monoisotopic (exact) mass is 226 g/mol. The zero-order chi connectivity index (χ0) is 12.0. The highest BCUT2D eigenvalue weighted by molar-refractivity contribution is 5.18. The van der Waals surface area contributed by atoms with Crippen LogP contribution in [0.15, 0.2) is 24.3 Å². The third-order valence-corrected chi connectivity index (χ3v) is 2.29. The Kier molecular flexibility index (Phi) is 5.38. The highest BCUT2D eigenvalue weighted by Gasteiger charge is 2.11. The van der Waals surface area contributed by atoms with Crippen molar-refractivity contribution in [3.05, 3.63) is 35.6 Å². The van der Waals surface area contributed by atoms with E-state index in [1.54, 1.807) is 12.1 Å². The normalized spacial score (nSPS) is 13.1. The van der Waals surface area contributed by atoms with Gasteiger partial charge in [0.25, 0.3) is 0 Å². The minimum atomic E-state index is -0.202. The molecule has 0 aliphatic rings. The van der Waals surface area contributed by atoms with Crippen molar-refractivity contribution in [3.8, 4) is 0 Å². The molecule has 0 spiro atoms. The van der Waals surface area contributed by atoms with Crippen LogP contribution in [0.5, 0.6) is 0 Å². The standard InChI is InChI=1S/C12H19FN2O/c1-9(2)16-8-11(15-14)7-10-5-3-4-6-12(10)13/h3-6,9,11,15H,7-8,14H2,1-2H3. The van der Waals surface area contributed by atoms with Crippen molar-refractivity contribution in [1.82, 2.24) is 5.43 Å². The maximum atomic E-state index is 13.4. The lowest BCUT2D eigenvalue weighted by Gasteiger charge is -2.18. The van der Waals surface area contributed by atoms with Crippen molar-refractivity contribution in [1.29, 1.82) is 0 Å². The first-order valence-electron chi connectivity index (χ1n) is 5.44. The summed E-state index contributed by atoms with van der Waals surface area (Å²) in [6.07, 6.45) is 0.673. The van der Waals surface area contributed by atoms with Gasteiger partial charge in [-0.2, -0.15) is 0 Å². The second-order valence-corrected chi connectivity index (χ2v) is 4.04. The topological polar surface area (TPSA) is 47.3 Å². The van der Waals surface area contributed by atoms with Gasteiger partial charge in [0.2, 0.25) is 0 Å². The summed E-state index contributed by atoms with van der Waals surface area (Å²) in [4.78, 5) is 0. The van der Waals surface area contributed by atoms with Crippen molar-refractivity contribution in [2.45, 2.75) is 32.4 Å². The first-order valence-corrected chi connectivity index (χ1v) is 5.44. The van der Waals surface area contributed by atoms with E-state index in [0.29, 0.717) is 18.6 Å². The number of halogens is 1. The molecule has 1 rings (SSSR count). The molecule has 0 amide bonds. The van der Waals surface area contributed by atoms with Gasteiger partial charge < -0.3 is 4.74 Å². The first kappa shape index (κ1) is 13.1. The molecule has 0 saturated heterocycles. The van der Waals surface area contributed by atoms with Crippen LogP contribution in [0.2, 0.25) is 0 Å². The zero-order valence-electron chi connectivity index (χ0n) is 9.74. The number of ether oxygens (including phenoxy) is 1. The molecule has 0 fully saturated rings. The van der Waals surface area contributed by atoms with Crippen molar-refractivity contribution < 1.29 is 9.13 Å². The third kappa shape index (κ3) is 4.26. The van der Waals surface area contributed by atoms with Crippen LogP contribution in [-0.4, -0.2) is 18.8 Å². The van der Waals surface area contributed by atoms with Crippen LogP contribution in [0, 0.1) is 5.82 Å². The second-order valence-electron chi connectivity index (χ2n) is 4.04. The molecule has 90 valence electrons. The van der Waals surface area contributed by atoms with Crippen LogP contribution in [0.1, 0.15) is 19.4 Å². The number of benzene rings is 1. The van der Waals surface area contributed by atoms with E-state index >= 15 is 0 Å². The van der Waals surface area contributed by atoms with Crippen molar-refractivity contribution in [2.24, 2.45) is 5.84 Å². The van der Waals surface area contributed by atoms with Crippen LogP contribution in [0.25, 0.3) is 0 Å². The predicted molar refractivity (Wildman–Crippen MR) is 62.3 cm³/mol. The highest BCUT2D eigenvalue weighted by Crippen LogP contribution is 2.09. The SMILES string of the molecule is CC(C)OCC(Cc1ccccc1F)NN. The van der Waals surface area contributed by atoms with Gasteiger partial charge in [-0.3, -0.25) is 11.3 Å². The average Bonchev–Trinajstić information content (AvgIpc) is 2.26. The van der Waals surface area contributed by atoms with E-state index in [9.17, 15) is 4.39 Å². The van der Waals surface area contributed by atoms with Crippen molar-refractivity contribution in [2.75, 3.05) is 6.61 Å². The Bertz CT molecular complexity index is 318. The van der Waals surface area contributed by atoms with Crippen LogP contribution >= 0.6 is 0 Å². The summed E-state index contributed by atoms with van der Waals surface area (Å²) in [5, 5.41) is 0. The molecular weight excluding hydrogens is 207 g/mol. The molecule has 16 heavy (non-hydrogen) atoms. The van der Waals surface area contributed by atoms with Crippen molar-refractivity contribution in [3.63, 3.8) is 0 Å². The molecule has 0 bridgehead atoms. The summed E-state index contributed by atoms with van der Waals surface area (Å²) in [5.41, 5.74) is 3.29. The lowest BCUT2D eigenvalue weighted by Crippen LogP contribution is -2.41. The molecule has 0 radical (unpaired) electrons. The van der Waals surface area contributed by atoms with E-state index in [4.69, 9.17) is 10.6 Å². The molecule has 3 N–H and O–H groups in total. The van der Waals surface area contributed by atoms with Gasteiger partial charge in [-0.1, -0.05) is 18.2 Å².